The molecule has 1 unspecified atom stereocenters. The third-order valence-corrected chi connectivity index (χ3v) is 2.46. The molecule has 0 aliphatic carbocycles. The SMILES string of the molecule is CCc1ccc(NC(=O)C(C)NC)cc1. The van der Waals surface area contributed by atoms with Crippen molar-refractivity contribution in [2.24, 2.45) is 0 Å². The summed E-state index contributed by atoms with van der Waals surface area (Å²) in [5.41, 5.74) is 2.12. The lowest BCUT2D eigenvalue weighted by molar-refractivity contribution is -0.117. The van der Waals surface area contributed by atoms with E-state index in [0.717, 1.165) is 12.1 Å². The Labute approximate surface area is 90.9 Å². The average Bonchev–Trinajstić information content (AvgIpc) is 2.29. The molecule has 1 rings (SSSR count). The van der Waals surface area contributed by atoms with E-state index in [2.05, 4.69) is 17.6 Å². The fraction of sp³-hybridized carbons (Fsp3) is 0.417. The van der Waals surface area contributed by atoms with E-state index in [0.29, 0.717) is 0 Å². The lowest BCUT2D eigenvalue weighted by Gasteiger charge is -2.11. The van der Waals surface area contributed by atoms with Gasteiger partial charge < -0.3 is 10.6 Å². The number of rotatable bonds is 4. The molecule has 1 aromatic carbocycles. The normalized spacial score (nSPS) is 12.2. The van der Waals surface area contributed by atoms with Crippen molar-refractivity contribution in [3.63, 3.8) is 0 Å². The van der Waals surface area contributed by atoms with E-state index >= 15 is 0 Å². The summed E-state index contributed by atoms with van der Waals surface area (Å²) in [4.78, 5) is 11.5. The largest absolute Gasteiger partial charge is 0.325 e. The second-order valence-corrected chi connectivity index (χ2v) is 3.55. The maximum atomic E-state index is 11.5. The minimum absolute atomic E-state index is 0.0123. The van der Waals surface area contributed by atoms with Crippen LogP contribution >= 0.6 is 0 Å². The van der Waals surface area contributed by atoms with Gasteiger partial charge in [-0.15, -0.1) is 0 Å². The minimum atomic E-state index is -0.171. The smallest absolute Gasteiger partial charge is 0.241 e. The Morgan fingerprint density at radius 3 is 2.40 bits per heavy atom. The third-order valence-electron chi connectivity index (χ3n) is 2.46. The van der Waals surface area contributed by atoms with Crippen LogP contribution in [0.2, 0.25) is 0 Å². The van der Waals surface area contributed by atoms with Crippen LogP contribution in [0.25, 0.3) is 0 Å². The molecule has 0 heterocycles. The van der Waals surface area contributed by atoms with Gasteiger partial charge in [-0.05, 0) is 38.1 Å². The number of hydrogen-bond acceptors (Lipinski definition) is 2. The molecule has 0 aliphatic heterocycles. The van der Waals surface area contributed by atoms with Crippen molar-refractivity contribution in [1.82, 2.24) is 5.32 Å². The Balaban J connectivity index is 2.61. The molecular formula is C12H18N2O. The Bertz CT molecular complexity index is 319. The first-order chi connectivity index (χ1) is 7.17. The van der Waals surface area contributed by atoms with Gasteiger partial charge in [0, 0.05) is 5.69 Å². The molecule has 1 aromatic rings. The first-order valence-electron chi connectivity index (χ1n) is 5.24. The van der Waals surface area contributed by atoms with E-state index in [1.807, 2.05) is 31.2 Å². The summed E-state index contributed by atoms with van der Waals surface area (Å²) in [5, 5.41) is 5.74. The molecule has 82 valence electrons. The highest BCUT2D eigenvalue weighted by molar-refractivity contribution is 5.94. The van der Waals surface area contributed by atoms with Crippen LogP contribution in [-0.2, 0) is 11.2 Å². The van der Waals surface area contributed by atoms with Crippen molar-refractivity contribution >= 4 is 11.6 Å². The zero-order valence-corrected chi connectivity index (χ0v) is 9.50. The number of carbonyl (C=O) groups is 1. The molecule has 1 amide bonds. The summed E-state index contributed by atoms with van der Waals surface area (Å²) in [6.45, 7) is 3.94. The van der Waals surface area contributed by atoms with Crippen molar-refractivity contribution in [3.8, 4) is 0 Å². The van der Waals surface area contributed by atoms with Crippen molar-refractivity contribution < 1.29 is 4.79 Å². The number of amides is 1. The Kier molecular flexibility index (Phi) is 4.31. The van der Waals surface area contributed by atoms with Crippen molar-refractivity contribution in [3.05, 3.63) is 29.8 Å². The van der Waals surface area contributed by atoms with Crippen LogP contribution in [-0.4, -0.2) is 19.0 Å². The predicted molar refractivity (Wildman–Crippen MR) is 63.0 cm³/mol. The molecular weight excluding hydrogens is 188 g/mol. The zero-order valence-electron chi connectivity index (χ0n) is 9.50. The van der Waals surface area contributed by atoms with Crippen LogP contribution in [0, 0.1) is 0 Å². The monoisotopic (exact) mass is 206 g/mol. The van der Waals surface area contributed by atoms with Crippen molar-refractivity contribution in [1.29, 1.82) is 0 Å². The van der Waals surface area contributed by atoms with Gasteiger partial charge in [0.1, 0.15) is 0 Å². The van der Waals surface area contributed by atoms with E-state index in [9.17, 15) is 4.79 Å². The molecule has 0 spiro atoms. The van der Waals surface area contributed by atoms with Crippen LogP contribution < -0.4 is 10.6 Å². The summed E-state index contributed by atoms with van der Waals surface area (Å²) >= 11 is 0. The molecule has 0 fully saturated rings. The topological polar surface area (TPSA) is 41.1 Å². The van der Waals surface area contributed by atoms with Gasteiger partial charge in [0.2, 0.25) is 5.91 Å². The summed E-state index contributed by atoms with van der Waals surface area (Å²) in [6, 6.07) is 7.74. The Morgan fingerprint density at radius 1 is 1.33 bits per heavy atom. The second-order valence-electron chi connectivity index (χ2n) is 3.55. The molecule has 0 aliphatic rings. The highest BCUT2D eigenvalue weighted by Crippen LogP contribution is 2.10. The van der Waals surface area contributed by atoms with Crippen LogP contribution in [0.5, 0.6) is 0 Å². The summed E-state index contributed by atoms with van der Waals surface area (Å²) in [6.07, 6.45) is 1.02. The van der Waals surface area contributed by atoms with Gasteiger partial charge in [-0.25, -0.2) is 0 Å². The fourth-order valence-electron chi connectivity index (χ4n) is 1.21. The molecule has 3 heteroatoms. The Hall–Kier alpha value is -1.35. The first-order valence-corrected chi connectivity index (χ1v) is 5.24. The molecule has 1 atom stereocenters. The van der Waals surface area contributed by atoms with E-state index in [1.54, 1.807) is 7.05 Å². The summed E-state index contributed by atoms with van der Waals surface area (Å²) in [7, 11) is 1.77. The standard InChI is InChI=1S/C12H18N2O/c1-4-10-5-7-11(8-6-10)14-12(15)9(2)13-3/h5-9,13H,4H2,1-3H3,(H,14,15). The number of benzene rings is 1. The number of anilines is 1. The lowest BCUT2D eigenvalue weighted by atomic mass is 10.1. The van der Waals surface area contributed by atoms with Crippen molar-refractivity contribution in [2.45, 2.75) is 26.3 Å². The molecule has 0 bridgehead atoms. The predicted octanol–water partition coefficient (Wildman–Crippen LogP) is 1.80. The van der Waals surface area contributed by atoms with E-state index in [4.69, 9.17) is 0 Å². The zero-order chi connectivity index (χ0) is 11.3. The number of likely N-dealkylation sites (N-methyl/N-ethyl adjacent to an activating group) is 1. The van der Waals surface area contributed by atoms with Crippen LogP contribution in [0.15, 0.2) is 24.3 Å². The van der Waals surface area contributed by atoms with E-state index < -0.39 is 0 Å². The quantitative estimate of drug-likeness (QED) is 0.788. The summed E-state index contributed by atoms with van der Waals surface area (Å²) < 4.78 is 0. The van der Waals surface area contributed by atoms with Gasteiger partial charge in [0.05, 0.1) is 6.04 Å². The average molecular weight is 206 g/mol. The molecule has 2 N–H and O–H groups in total. The minimum Gasteiger partial charge on any atom is -0.325 e. The van der Waals surface area contributed by atoms with Gasteiger partial charge in [-0.3, -0.25) is 4.79 Å². The summed E-state index contributed by atoms with van der Waals surface area (Å²) in [5.74, 6) is -0.0123. The third kappa shape index (κ3) is 3.36. The molecule has 15 heavy (non-hydrogen) atoms. The van der Waals surface area contributed by atoms with Gasteiger partial charge in [-0.2, -0.15) is 0 Å². The van der Waals surface area contributed by atoms with Gasteiger partial charge in [-0.1, -0.05) is 19.1 Å². The van der Waals surface area contributed by atoms with Crippen LogP contribution in [0.3, 0.4) is 0 Å². The number of carbonyl (C=O) groups excluding carboxylic acids is 1. The number of nitrogens with one attached hydrogen (secondary N) is 2. The molecule has 0 radical (unpaired) electrons. The fourth-order valence-corrected chi connectivity index (χ4v) is 1.21. The van der Waals surface area contributed by atoms with Crippen LogP contribution in [0.4, 0.5) is 5.69 Å². The highest BCUT2D eigenvalue weighted by atomic mass is 16.2. The molecule has 3 nitrogen and oxygen atoms in total. The second kappa shape index (κ2) is 5.51. The van der Waals surface area contributed by atoms with Gasteiger partial charge >= 0.3 is 0 Å². The van der Waals surface area contributed by atoms with Gasteiger partial charge in [0.15, 0.2) is 0 Å². The van der Waals surface area contributed by atoms with Crippen LogP contribution in [0.1, 0.15) is 19.4 Å². The van der Waals surface area contributed by atoms with Gasteiger partial charge in [0.25, 0.3) is 0 Å². The maximum absolute atomic E-state index is 11.5. The Morgan fingerprint density at radius 2 is 1.93 bits per heavy atom. The van der Waals surface area contributed by atoms with Crippen molar-refractivity contribution in [2.75, 3.05) is 12.4 Å². The molecule has 0 saturated carbocycles. The number of aryl methyl sites for hydroxylation is 1. The maximum Gasteiger partial charge on any atom is 0.241 e. The molecule has 0 aromatic heterocycles. The highest BCUT2D eigenvalue weighted by Gasteiger charge is 2.09. The molecule has 0 saturated heterocycles. The lowest BCUT2D eigenvalue weighted by Crippen LogP contribution is -2.35. The van der Waals surface area contributed by atoms with E-state index in [-0.39, 0.29) is 11.9 Å². The van der Waals surface area contributed by atoms with E-state index in [1.165, 1.54) is 5.56 Å². The first kappa shape index (κ1) is 11.7. The number of hydrogen-bond donors (Lipinski definition) is 2.